The molecule has 4 heterocycles. The van der Waals surface area contributed by atoms with Gasteiger partial charge in [-0.25, -0.2) is 0 Å². The molecule has 3 fully saturated rings. The van der Waals surface area contributed by atoms with Crippen LogP contribution in [0.15, 0.2) is 18.2 Å². The number of thiophene rings is 1. The summed E-state index contributed by atoms with van der Waals surface area (Å²) in [5.74, 6) is 1.21. The van der Waals surface area contributed by atoms with Gasteiger partial charge in [0, 0.05) is 11.6 Å². The molecule has 2 bridgehead atoms. The third kappa shape index (κ3) is 2.73. The van der Waals surface area contributed by atoms with Crippen molar-refractivity contribution in [2.75, 3.05) is 20.2 Å². The van der Waals surface area contributed by atoms with E-state index in [0.717, 1.165) is 23.2 Å². The molecular formula is C19H23ClN2O2S. The normalized spacial score (nSPS) is 27.4. The summed E-state index contributed by atoms with van der Waals surface area (Å²) in [7, 11) is 1.60. The first-order valence-corrected chi connectivity index (χ1v) is 9.93. The zero-order valence-electron chi connectivity index (χ0n) is 14.8. The largest absolute Gasteiger partial charge is 0.495 e. The molecule has 3 saturated heterocycles. The SMILES string of the molecule is COc1ccc2cc(C(=O)N[C@@H]3C4CCN(CC4)C3(C)C)sc2c1Cl. The highest BCUT2D eigenvalue weighted by Crippen LogP contribution is 2.40. The predicted molar refractivity (Wildman–Crippen MR) is 103 cm³/mol. The number of piperidine rings is 3. The number of benzene rings is 1. The highest BCUT2D eigenvalue weighted by atomic mass is 35.5. The molecule has 1 atom stereocenters. The van der Waals surface area contributed by atoms with E-state index in [2.05, 4.69) is 24.1 Å². The highest BCUT2D eigenvalue weighted by Gasteiger charge is 2.48. The Kier molecular flexibility index (Phi) is 4.21. The lowest BCUT2D eigenvalue weighted by Crippen LogP contribution is -2.69. The first kappa shape index (κ1) is 17.1. The van der Waals surface area contributed by atoms with Crippen molar-refractivity contribution in [1.82, 2.24) is 10.2 Å². The minimum absolute atomic E-state index is 0.00283. The number of ether oxygens (including phenoxy) is 1. The maximum absolute atomic E-state index is 12.9. The summed E-state index contributed by atoms with van der Waals surface area (Å²) in [5.41, 5.74) is 0.00831. The number of hydrogen-bond donors (Lipinski definition) is 1. The van der Waals surface area contributed by atoms with E-state index in [1.54, 1.807) is 7.11 Å². The van der Waals surface area contributed by atoms with E-state index in [-0.39, 0.29) is 17.5 Å². The fourth-order valence-electron chi connectivity index (χ4n) is 4.41. The molecule has 6 heteroatoms. The van der Waals surface area contributed by atoms with Crippen LogP contribution in [0.2, 0.25) is 5.02 Å². The van der Waals surface area contributed by atoms with Gasteiger partial charge in [0.05, 0.1) is 16.7 Å². The molecule has 0 spiro atoms. The second kappa shape index (κ2) is 6.15. The predicted octanol–water partition coefficient (Wildman–Crippen LogP) is 4.17. The molecule has 1 amide bonds. The number of halogens is 1. The van der Waals surface area contributed by atoms with Crippen LogP contribution in [0.3, 0.4) is 0 Å². The maximum atomic E-state index is 12.9. The molecule has 1 aromatic heterocycles. The molecule has 3 aliphatic heterocycles. The maximum Gasteiger partial charge on any atom is 0.261 e. The van der Waals surface area contributed by atoms with E-state index < -0.39 is 0 Å². The Balaban J connectivity index is 1.61. The zero-order valence-corrected chi connectivity index (χ0v) is 16.3. The van der Waals surface area contributed by atoms with Gasteiger partial charge in [0.2, 0.25) is 0 Å². The van der Waals surface area contributed by atoms with E-state index in [1.165, 1.54) is 24.2 Å². The Labute approximate surface area is 157 Å². The second-order valence-corrected chi connectivity index (χ2v) is 8.97. The van der Waals surface area contributed by atoms with E-state index in [9.17, 15) is 4.79 Å². The molecule has 0 aliphatic carbocycles. The summed E-state index contributed by atoms with van der Waals surface area (Å²) in [5, 5.41) is 4.88. The molecule has 0 unspecified atom stereocenters. The van der Waals surface area contributed by atoms with Gasteiger partial charge in [-0.05, 0) is 69.3 Å². The number of rotatable bonds is 3. The van der Waals surface area contributed by atoms with E-state index in [4.69, 9.17) is 16.3 Å². The molecule has 4 nitrogen and oxygen atoms in total. The molecule has 1 N–H and O–H groups in total. The van der Waals surface area contributed by atoms with Gasteiger partial charge >= 0.3 is 0 Å². The number of methoxy groups -OCH3 is 1. The molecule has 1 aromatic carbocycles. The third-order valence-corrected chi connectivity index (χ3v) is 7.56. The minimum atomic E-state index is 0.00283. The Morgan fingerprint density at radius 2 is 2.08 bits per heavy atom. The second-order valence-electron chi connectivity index (χ2n) is 7.54. The number of hydrogen-bond acceptors (Lipinski definition) is 4. The van der Waals surface area contributed by atoms with E-state index in [0.29, 0.717) is 21.6 Å². The average molecular weight is 379 g/mol. The Hall–Kier alpha value is -1.30. The van der Waals surface area contributed by atoms with E-state index >= 15 is 0 Å². The smallest absolute Gasteiger partial charge is 0.261 e. The summed E-state index contributed by atoms with van der Waals surface area (Å²) in [6.45, 7) is 6.77. The number of carbonyl (C=O) groups excluding carboxylic acids is 1. The summed E-state index contributed by atoms with van der Waals surface area (Å²) in [6.07, 6.45) is 2.34. The highest BCUT2D eigenvalue weighted by molar-refractivity contribution is 7.21. The molecule has 25 heavy (non-hydrogen) atoms. The topological polar surface area (TPSA) is 41.6 Å². The van der Waals surface area contributed by atoms with Crippen LogP contribution < -0.4 is 10.1 Å². The van der Waals surface area contributed by atoms with Gasteiger partial charge in [-0.3, -0.25) is 9.69 Å². The summed E-state index contributed by atoms with van der Waals surface area (Å²) >= 11 is 7.83. The molecule has 134 valence electrons. The van der Waals surface area contributed by atoms with Gasteiger partial charge in [-0.15, -0.1) is 11.3 Å². The number of fused-ring (bicyclic) bond motifs is 4. The standard InChI is InChI=1S/C19H23ClN2O2S/c1-19(2)17(11-6-8-22(19)9-7-11)21-18(23)14-10-12-4-5-13(24-3)15(20)16(12)25-14/h4-5,10-11,17H,6-9H2,1-3H3,(H,21,23)/t17-/m1/s1. The van der Waals surface area contributed by atoms with Crippen LogP contribution in [-0.2, 0) is 0 Å². The Bertz CT molecular complexity index is 824. The van der Waals surface area contributed by atoms with E-state index in [1.807, 2.05) is 18.2 Å². The van der Waals surface area contributed by atoms with Crippen LogP contribution in [0.25, 0.3) is 10.1 Å². The Morgan fingerprint density at radius 1 is 1.36 bits per heavy atom. The molecule has 3 aliphatic rings. The lowest BCUT2D eigenvalue weighted by Gasteiger charge is -2.56. The van der Waals surface area contributed by atoms with Crippen molar-refractivity contribution in [3.05, 3.63) is 28.1 Å². The van der Waals surface area contributed by atoms with Crippen molar-refractivity contribution in [2.45, 2.75) is 38.3 Å². The molecule has 5 rings (SSSR count). The fourth-order valence-corrected chi connectivity index (χ4v) is 5.77. The number of carbonyl (C=O) groups is 1. The molecule has 2 aromatic rings. The van der Waals surface area contributed by atoms with Crippen LogP contribution >= 0.6 is 22.9 Å². The Morgan fingerprint density at radius 3 is 2.72 bits per heavy atom. The average Bonchev–Trinajstić information content (AvgIpc) is 3.04. The van der Waals surface area contributed by atoms with Crippen molar-refractivity contribution in [3.63, 3.8) is 0 Å². The molecule has 0 saturated carbocycles. The molecular weight excluding hydrogens is 356 g/mol. The monoisotopic (exact) mass is 378 g/mol. The zero-order chi connectivity index (χ0) is 17.8. The van der Waals surface area contributed by atoms with Crippen LogP contribution in [0.1, 0.15) is 36.4 Å². The lowest BCUT2D eigenvalue weighted by atomic mass is 9.72. The van der Waals surface area contributed by atoms with Gasteiger partial charge in [-0.1, -0.05) is 11.6 Å². The molecule has 0 radical (unpaired) electrons. The van der Waals surface area contributed by atoms with Gasteiger partial charge in [0.1, 0.15) is 10.8 Å². The number of nitrogens with one attached hydrogen (secondary N) is 1. The summed E-state index contributed by atoms with van der Waals surface area (Å²) in [4.78, 5) is 16.1. The number of amides is 1. The van der Waals surface area contributed by atoms with Gasteiger partial charge in [0.25, 0.3) is 5.91 Å². The number of nitrogens with zero attached hydrogens (tertiary/aromatic N) is 1. The van der Waals surface area contributed by atoms with Crippen molar-refractivity contribution in [3.8, 4) is 5.75 Å². The van der Waals surface area contributed by atoms with Crippen molar-refractivity contribution < 1.29 is 9.53 Å². The first-order valence-electron chi connectivity index (χ1n) is 8.74. The van der Waals surface area contributed by atoms with Gasteiger partial charge in [-0.2, -0.15) is 0 Å². The summed E-state index contributed by atoms with van der Waals surface area (Å²) < 4.78 is 6.18. The third-order valence-electron chi connectivity index (χ3n) is 5.91. The quantitative estimate of drug-likeness (QED) is 0.871. The lowest BCUT2D eigenvalue weighted by molar-refractivity contribution is -0.0377. The van der Waals surface area contributed by atoms with Gasteiger partial charge < -0.3 is 10.1 Å². The van der Waals surface area contributed by atoms with Crippen molar-refractivity contribution >= 4 is 38.9 Å². The van der Waals surface area contributed by atoms with Crippen molar-refractivity contribution in [1.29, 1.82) is 0 Å². The first-order chi connectivity index (χ1) is 11.9. The minimum Gasteiger partial charge on any atom is -0.495 e. The van der Waals surface area contributed by atoms with Gasteiger partial charge in [0.15, 0.2) is 0 Å². The van der Waals surface area contributed by atoms with Crippen LogP contribution in [0.5, 0.6) is 5.75 Å². The van der Waals surface area contributed by atoms with Crippen molar-refractivity contribution in [2.24, 2.45) is 5.92 Å². The van der Waals surface area contributed by atoms with Crippen LogP contribution in [0.4, 0.5) is 0 Å². The van der Waals surface area contributed by atoms with Crippen LogP contribution in [0, 0.1) is 5.92 Å². The van der Waals surface area contributed by atoms with Crippen LogP contribution in [-0.4, -0.2) is 42.6 Å². The summed E-state index contributed by atoms with van der Waals surface area (Å²) in [6, 6.07) is 5.91. The fraction of sp³-hybridized carbons (Fsp3) is 0.526.